The smallest absolute Gasteiger partial charge is 0.411 e. The summed E-state index contributed by atoms with van der Waals surface area (Å²) in [6.07, 6.45) is 0.297. The van der Waals surface area contributed by atoms with E-state index in [1.165, 1.54) is 5.56 Å². The SMILES string of the molecule is Cc1ccccc1.O=C(Nc1cc(F)c(N2CCC3(CC2)OCCO3)c(F)c1)OCc1ccccc1. The zero-order valence-corrected chi connectivity index (χ0v) is 20.2. The van der Waals surface area contributed by atoms with Crippen LogP contribution in [0.1, 0.15) is 24.0 Å². The summed E-state index contributed by atoms with van der Waals surface area (Å²) in [5, 5.41) is 2.36. The van der Waals surface area contributed by atoms with E-state index in [1.807, 2.05) is 48.5 Å². The first kappa shape index (κ1) is 25.6. The van der Waals surface area contributed by atoms with Gasteiger partial charge >= 0.3 is 6.09 Å². The van der Waals surface area contributed by atoms with Crippen LogP contribution in [0.3, 0.4) is 0 Å². The number of carbonyl (C=O) groups is 1. The zero-order valence-electron chi connectivity index (χ0n) is 20.2. The molecule has 0 radical (unpaired) electrons. The third-order valence-corrected chi connectivity index (χ3v) is 6.07. The first-order chi connectivity index (χ1) is 17.4. The van der Waals surface area contributed by atoms with E-state index in [4.69, 9.17) is 14.2 Å². The fourth-order valence-electron chi connectivity index (χ4n) is 4.21. The molecule has 5 rings (SSSR count). The summed E-state index contributed by atoms with van der Waals surface area (Å²) in [7, 11) is 0. The van der Waals surface area contributed by atoms with Crippen molar-refractivity contribution in [3.05, 3.63) is 95.6 Å². The molecule has 2 aliphatic heterocycles. The van der Waals surface area contributed by atoms with Gasteiger partial charge in [-0.1, -0.05) is 66.2 Å². The maximum atomic E-state index is 14.6. The van der Waals surface area contributed by atoms with Crippen molar-refractivity contribution < 1.29 is 27.8 Å². The van der Waals surface area contributed by atoms with Crippen LogP contribution in [0.4, 0.5) is 25.0 Å². The minimum absolute atomic E-state index is 0.00208. The molecule has 2 heterocycles. The first-order valence-corrected chi connectivity index (χ1v) is 12.0. The molecular weight excluding hydrogens is 466 g/mol. The van der Waals surface area contributed by atoms with Crippen molar-refractivity contribution in [1.82, 2.24) is 0 Å². The fraction of sp³-hybridized carbons (Fsp3) is 0.321. The molecule has 2 aliphatic rings. The number of benzene rings is 3. The summed E-state index contributed by atoms with van der Waals surface area (Å²) >= 11 is 0. The van der Waals surface area contributed by atoms with Crippen LogP contribution in [0.25, 0.3) is 0 Å². The van der Waals surface area contributed by atoms with Gasteiger partial charge in [-0.3, -0.25) is 5.32 Å². The molecule has 36 heavy (non-hydrogen) atoms. The number of ether oxygens (including phenoxy) is 3. The lowest BCUT2D eigenvalue weighted by Gasteiger charge is -2.38. The van der Waals surface area contributed by atoms with Gasteiger partial charge in [0.15, 0.2) is 17.4 Å². The number of rotatable bonds is 4. The Morgan fingerprint density at radius 3 is 2.03 bits per heavy atom. The first-order valence-electron chi connectivity index (χ1n) is 12.0. The highest BCUT2D eigenvalue weighted by Crippen LogP contribution is 2.35. The monoisotopic (exact) mass is 496 g/mol. The van der Waals surface area contributed by atoms with Crippen LogP contribution in [0.5, 0.6) is 0 Å². The van der Waals surface area contributed by atoms with Crippen LogP contribution in [-0.2, 0) is 20.8 Å². The number of aryl methyl sites for hydroxylation is 1. The van der Waals surface area contributed by atoms with Crippen molar-refractivity contribution in [3.8, 4) is 0 Å². The Bertz CT molecular complexity index is 1110. The molecule has 3 aromatic carbocycles. The van der Waals surface area contributed by atoms with Crippen molar-refractivity contribution in [2.45, 2.75) is 32.2 Å². The van der Waals surface area contributed by atoms with Crippen LogP contribution in [-0.4, -0.2) is 38.2 Å². The summed E-state index contributed by atoms with van der Waals surface area (Å²) < 4.78 is 45.6. The van der Waals surface area contributed by atoms with E-state index >= 15 is 0 Å². The number of nitrogens with zero attached hydrogens (tertiary/aromatic N) is 1. The topological polar surface area (TPSA) is 60.0 Å². The third kappa shape index (κ3) is 6.80. The van der Waals surface area contributed by atoms with Crippen molar-refractivity contribution >= 4 is 17.5 Å². The highest BCUT2D eigenvalue weighted by molar-refractivity contribution is 5.85. The van der Waals surface area contributed by atoms with E-state index in [0.29, 0.717) is 39.1 Å². The van der Waals surface area contributed by atoms with Gasteiger partial charge in [-0.25, -0.2) is 13.6 Å². The molecule has 2 saturated heterocycles. The lowest BCUT2D eigenvalue weighted by molar-refractivity contribution is -0.169. The Kier molecular flexibility index (Phi) is 8.51. The molecule has 1 spiro atoms. The average Bonchev–Trinajstić information content (AvgIpc) is 3.33. The number of anilines is 2. The molecule has 0 unspecified atom stereocenters. The van der Waals surface area contributed by atoms with Gasteiger partial charge in [-0.05, 0) is 24.6 Å². The van der Waals surface area contributed by atoms with Gasteiger partial charge < -0.3 is 19.1 Å². The number of halogens is 2. The number of carbonyl (C=O) groups excluding carboxylic acids is 1. The number of piperidine rings is 1. The molecule has 0 atom stereocenters. The Morgan fingerprint density at radius 2 is 1.50 bits per heavy atom. The molecule has 0 aliphatic carbocycles. The lowest BCUT2D eigenvalue weighted by Crippen LogP contribution is -2.45. The number of amides is 1. The predicted octanol–water partition coefficient (Wildman–Crippen LogP) is 6.05. The minimum atomic E-state index is -0.782. The molecule has 6 nitrogen and oxygen atoms in total. The summed E-state index contributed by atoms with van der Waals surface area (Å²) in [5.41, 5.74) is 2.02. The normalized spacial score (nSPS) is 16.2. The molecule has 190 valence electrons. The van der Waals surface area contributed by atoms with Crippen LogP contribution in [0, 0.1) is 18.6 Å². The average molecular weight is 497 g/mol. The molecule has 0 aromatic heterocycles. The third-order valence-electron chi connectivity index (χ3n) is 6.07. The van der Waals surface area contributed by atoms with E-state index in [2.05, 4.69) is 24.4 Å². The summed E-state index contributed by atoms with van der Waals surface area (Å²) in [6.45, 7) is 4.07. The van der Waals surface area contributed by atoms with E-state index in [0.717, 1.165) is 17.7 Å². The molecule has 1 N–H and O–H groups in total. The van der Waals surface area contributed by atoms with E-state index in [1.54, 1.807) is 4.90 Å². The highest BCUT2D eigenvalue weighted by atomic mass is 19.1. The standard InChI is InChI=1S/C21H22F2N2O4.C7H8/c22-17-12-16(24-20(26)27-14-15-4-2-1-3-5-15)13-18(23)19(17)25-8-6-21(7-9-25)28-10-11-29-21;1-7-5-3-2-4-6-7/h1-5,12-13H,6-11,14H2,(H,24,26);2-6H,1H3. The Hall–Kier alpha value is -3.49. The predicted molar refractivity (Wildman–Crippen MR) is 134 cm³/mol. The molecule has 0 saturated carbocycles. The maximum absolute atomic E-state index is 14.6. The second-order valence-corrected chi connectivity index (χ2v) is 8.72. The van der Waals surface area contributed by atoms with E-state index in [9.17, 15) is 13.6 Å². The molecular formula is C28H30F2N2O4. The Balaban J connectivity index is 0.000000375. The number of hydrogen-bond donors (Lipinski definition) is 1. The van der Waals surface area contributed by atoms with Gasteiger partial charge in [-0.2, -0.15) is 0 Å². The van der Waals surface area contributed by atoms with Gasteiger partial charge in [-0.15, -0.1) is 0 Å². The zero-order chi connectivity index (χ0) is 25.4. The van der Waals surface area contributed by atoms with Crippen LogP contribution in [0.15, 0.2) is 72.8 Å². The van der Waals surface area contributed by atoms with E-state index in [-0.39, 0.29) is 18.0 Å². The van der Waals surface area contributed by atoms with Crippen LogP contribution in [0.2, 0.25) is 0 Å². The van der Waals surface area contributed by atoms with Crippen LogP contribution < -0.4 is 10.2 Å². The van der Waals surface area contributed by atoms with Gasteiger partial charge in [0.2, 0.25) is 0 Å². The second-order valence-electron chi connectivity index (χ2n) is 8.72. The summed E-state index contributed by atoms with van der Waals surface area (Å²) in [4.78, 5) is 13.6. The van der Waals surface area contributed by atoms with E-state index < -0.39 is 23.5 Å². The van der Waals surface area contributed by atoms with Crippen molar-refractivity contribution in [3.63, 3.8) is 0 Å². The number of nitrogens with one attached hydrogen (secondary N) is 1. The minimum Gasteiger partial charge on any atom is -0.444 e. The molecule has 3 aromatic rings. The summed E-state index contributed by atoms with van der Waals surface area (Å²) in [5.74, 6) is -2.10. The molecule has 8 heteroatoms. The lowest BCUT2D eigenvalue weighted by atomic mass is 10.0. The quantitative estimate of drug-likeness (QED) is 0.476. The molecule has 0 bridgehead atoms. The van der Waals surface area contributed by atoms with Gasteiger partial charge in [0.1, 0.15) is 12.3 Å². The van der Waals surface area contributed by atoms with Gasteiger partial charge in [0, 0.05) is 31.6 Å². The summed E-state index contributed by atoms with van der Waals surface area (Å²) in [6, 6.07) is 21.6. The highest BCUT2D eigenvalue weighted by Gasteiger charge is 2.40. The fourth-order valence-corrected chi connectivity index (χ4v) is 4.21. The second kappa shape index (κ2) is 12.0. The maximum Gasteiger partial charge on any atom is 0.411 e. The molecule has 1 amide bonds. The molecule has 2 fully saturated rings. The van der Waals surface area contributed by atoms with Crippen molar-refractivity contribution in [1.29, 1.82) is 0 Å². The van der Waals surface area contributed by atoms with Crippen molar-refractivity contribution in [2.75, 3.05) is 36.5 Å². The number of hydrogen-bond acceptors (Lipinski definition) is 5. The van der Waals surface area contributed by atoms with Gasteiger partial charge in [0.05, 0.1) is 13.2 Å². The van der Waals surface area contributed by atoms with Gasteiger partial charge in [0.25, 0.3) is 0 Å². The largest absolute Gasteiger partial charge is 0.444 e. The Labute approximate surface area is 209 Å². The van der Waals surface area contributed by atoms with Crippen LogP contribution >= 0.6 is 0 Å². The van der Waals surface area contributed by atoms with Crippen molar-refractivity contribution in [2.24, 2.45) is 0 Å². The Morgan fingerprint density at radius 1 is 0.944 bits per heavy atom.